The molecule has 5 heteroatoms. The predicted octanol–water partition coefficient (Wildman–Crippen LogP) is 11.3. The monoisotopic (exact) mass is 828 g/mol. The minimum absolute atomic E-state index is 0. The number of hydrogen-bond acceptors (Lipinski definition) is 3. The number of allylic oxidation sites excluding steroid dienone is 1. The Morgan fingerprint density at radius 3 is 2.38 bits per heavy atom. The number of hydrogen-bond donors (Lipinski definition) is 0. The number of rotatable bonds is 6. The molecule has 0 saturated heterocycles. The largest absolute Gasteiger partial charge is 0.305 e. The van der Waals surface area contributed by atoms with Gasteiger partial charge in [0.2, 0.25) is 0 Å². The molecule has 3 heterocycles. The molecule has 0 unspecified atom stereocenters. The van der Waals surface area contributed by atoms with Crippen molar-refractivity contribution in [1.82, 2.24) is 9.97 Å². The van der Waals surface area contributed by atoms with Crippen LogP contribution in [0, 0.1) is 19.1 Å². The second-order valence-electron chi connectivity index (χ2n) is 12.8. The smallest absolute Gasteiger partial charge is 0.0798 e. The van der Waals surface area contributed by atoms with E-state index in [-0.39, 0.29) is 20.1 Å². The Hall–Kier alpha value is -3.73. The van der Waals surface area contributed by atoms with Crippen LogP contribution in [0.1, 0.15) is 40.5 Å². The second kappa shape index (κ2) is 14.6. The Kier molecular flexibility index (Phi) is 9.49. The summed E-state index contributed by atoms with van der Waals surface area (Å²) in [6.07, 6.45) is 3.39. The van der Waals surface area contributed by atoms with Crippen molar-refractivity contribution in [3.05, 3.63) is 139 Å². The van der Waals surface area contributed by atoms with E-state index in [1.807, 2.05) is 38.1 Å². The van der Waals surface area contributed by atoms with Crippen LogP contribution in [0.4, 0.5) is 0 Å². The third kappa shape index (κ3) is 7.39. The third-order valence-electron chi connectivity index (χ3n) is 8.18. The number of benzene rings is 4. The Labute approximate surface area is 302 Å². The van der Waals surface area contributed by atoms with Crippen molar-refractivity contribution in [3.63, 3.8) is 0 Å². The van der Waals surface area contributed by atoms with Gasteiger partial charge in [-0.15, -0.1) is 66.2 Å². The molecule has 2 nitrogen and oxygen atoms in total. The maximum atomic E-state index is 8.36. The Bertz CT molecular complexity index is 2320. The number of pyridine rings is 2. The summed E-state index contributed by atoms with van der Waals surface area (Å²) in [4.78, 5) is 9.11. The molecule has 3 aromatic heterocycles. The minimum Gasteiger partial charge on any atom is -0.305 e. The van der Waals surface area contributed by atoms with Gasteiger partial charge in [-0.2, -0.15) is 11.3 Å². The normalized spacial score (nSPS) is 12.9. The number of aryl methyl sites for hydroxylation is 1. The van der Waals surface area contributed by atoms with E-state index in [1.54, 1.807) is 29.7 Å². The van der Waals surface area contributed by atoms with Crippen LogP contribution < -0.4 is 5.19 Å². The summed E-state index contributed by atoms with van der Waals surface area (Å²) in [5.74, 6) is -0.640. The Balaban J connectivity index is 0.000000229. The van der Waals surface area contributed by atoms with Crippen molar-refractivity contribution in [1.29, 1.82) is 0 Å². The second-order valence-corrected chi connectivity index (χ2v) is 18.8. The zero-order chi connectivity index (χ0) is 35.1. The molecule has 0 saturated carbocycles. The summed E-state index contributed by atoms with van der Waals surface area (Å²) in [7, 11) is -1.27. The molecule has 0 bridgehead atoms. The zero-order valence-electron chi connectivity index (χ0n) is 30.7. The summed E-state index contributed by atoms with van der Waals surface area (Å²) in [5.41, 5.74) is 6.54. The van der Waals surface area contributed by atoms with E-state index in [0.717, 1.165) is 37.9 Å². The Morgan fingerprint density at radius 2 is 1.68 bits per heavy atom. The van der Waals surface area contributed by atoms with Crippen molar-refractivity contribution in [3.8, 4) is 22.5 Å². The van der Waals surface area contributed by atoms with Gasteiger partial charge in [0.05, 0.1) is 8.07 Å². The fourth-order valence-corrected chi connectivity index (χ4v) is 8.89. The molecule has 1 radical (unpaired) electrons. The fourth-order valence-electron chi connectivity index (χ4n) is 5.85. The quantitative estimate of drug-likeness (QED) is 0.0948. The minimum atomic E-state index is -1.62. The van der Waals surface area contributed by atoms with E-state index < -0.39 is 20.3 Å². The topological polar surface area (TPSA) is 25.8 Å². The molecular weight excluding hydrogens is 785 g/mol. The SMILES string of the molecule is Cc1cc(-c2[c-]cccc2)ncc1[Si](C)(C)C.[2H]C(C)(C)c1ccc2c(ccc3c4cc[c-]c(-c5cc(C([2H])([2H])C=C)ccn5)c4sc23)c1.[Ir]. The first-order chi connectivity index (χ1) is 23.2. The first-order valence-corrected chi connectivity index (χ1v) is 19.8. The molecule has 4 aromatic carbocycles. The standard InChI is InChI=1S/C27H22NS.C15H18NSi.Ir/c1-4-6-18-13-14-28-25(15-18)24-8-5-7-22-23-12-10-20-16-19(17(2)3)9-11-21(20)26(23)29-27(22)24;1-12-10-14(13-8-6-5-7-9-13)16-11-15(12)17(2,3)4;/h4-5,7,9-17H,1,6H2,2-3H3;5-8,10-11H,1-4H3;/q2*-1;/i6D2,17D;;. The first kappa shape index (κ1) is 30.6. The van der Waals surface area contributed by atoms with Crippen LogP contribution in [0.3, 0.4) is 0 Å². The zero-order valence-corrected chi connectivity index (χ0v) is 31.9. The average Bonchev–Trinajstić information content (AvgIpc) is 3.47. The fraction of sp³-hybridized carbons (Fsp3) is 0.190. The van der Waals surface area contributed by atoms with E-state index >= 15 is 0 Å². The van der Waals surface area contributed by atoms with E-state index in [4.69, 9.17) is 4.11 Å². The maximum Gasteiger partial charge on any atom is 0.0798 e. The van der Waals surface area contributed by atoms with Crippen LogP contribution in [0.5, 0.6) is 0 Å². The molecule has 7 aromatic rings. The van der Waals surface area contributed by atoms with Crippen molar-refractivity contribution in [2.45, 2.75) is 52.7 Å². The predicted molar refractivity (Wildman–Crippen MR) is 203 cm³/mol. The molecule has 0 spiro atoms. The van der Waals surface area contributed by atoms with Gasteiger partial charge in [0.25, 0.3) is 0 Å². The van der Waals surface area contributed by atoms with Crippen LogP contribution in [0.2, 0.25) is 19.6 Å². The van der Waals surface area contributed by atoms with Gasteiger partial charge in [0.15, 0.2) is 0 Å². The van der Waals surface area contributed by atoms with Gasteiger partial charge in [-0.05, 0) is 73.8 Å². The summed E-state index contributed by atoms with van der Waals surface area (Å²) in [5, 5.41) is 6.07. The summed E-state index contributed by atoms with van der Waals surface area (Å²) < 4.78 is 27.0. The number of aromatic nitrogens is 2. The number of thiophene rings is 1. The summed E-state index contributed by atoms with van der Waals surface area (Å²) in [6.45, 7) is 16.7. The van der Waals surface area contributed by atoms with Crippen LogP contribution in [-0.4, -0.2) is 18.0 Å². The van der Waals surface area contributed by atoms with Gasteiger partial charge < -0.3 is 9.97 Å². The summed E-state index contributed by atoms with van der Waals surface area (Å²) in [6, 6.07) is 34.8. The van der Waals surface area contributed by atoms with Crippen LogP contribution in [0.25, 0.3) is 53.5 Å². The molecule has 0 N–H and O–H groups in total. The molecule has 0 aliphatic heterocycles. The van der Waals surface area contributed by atoms with E-state index in [0.29, 0.717) is 11.3 Å². The van der Waals surface area contributed by atoms with Gasteiger partial charge >= 0.3 is 0 Å². The molecule has 239 valence electrons. The molecule has 0 atom stereocenters. The molecule has 7 rings (SSSR count). The van der Waals surface area contributed by atoms with Gasteiger partial charge in [-0.3, -0.25) is 0 Å². The maximum absolute atomic E-state index is 8.36. The van der Waals surface area contributed by atoms with E-state index in [1.165, 1.54) is 32.3 Å². The molecular formula is C42H40IrN2SSi-2. The first-order valence-electron chi connectivity index (χ1n) is 17.0. The van der Waals surface area contributed by atoms with Gasteiger partial charge in [-0.25, -0.2) is 0 Å². The van der Waals surface area contributed by atoms with Gasteiger partial charge in [0.1, 0.15) is 0 Å². The number of nitrogens with zero attached hydrogens (tertiary/aromatic N) is 2. The third-order valence-corrected chi connectivity index (χ3v) is 11.6. The van der Waals surface area contributed by atoms with E-state index in [9.17, 15) is 0 Å². The number of fused-ring (bicyclic) bond motifs is 5. The van der Waals surface area contributed by atoms with Crippen LogP contribution in [0.15, 0.2) is 110 Å². The van der Waals surface area contributed by atoms with Gasteiger partial charge in [-0.1, -0.05) is 93.0 Å². The van der Waals surface area contributed by atoms with Crippen molar-refractivity contribution in [2.75, 3.05) is 0 Å². The Morgan fingerprint density at radius 1 is 0.894 bits per heavy atom. The molecule has 0 fully saturated rings. The van der Waals surface area contributed by atoms with E-state index in [2.05, 4.69) is 110 Å². The van der Waals surface area contributed by atoms with Crippen molar-refractivity contribution in [2.24, 2.45) is 0 Å². The van der Waals surface area contributed by atoms with Gasteiger partial charge in [0, 0.05) is 41.3 Å². The summed E-state index contributed by atoms with van der Waals surface area (Å²) >= 11 is 1.71. The van der Waals surface area contributed by atoms with Crippen LogP contribution in [-0.2, 0) is 26.5 Å². The molecule has 0 amide bonds. The average molecular weight is 828 g/mol. The molecule has 47 heavy (non-hydrogen) atoms. The van der Waals surface area contributed by atoms with Crippen LogP contribution >= 0.6 is 11.3 Å². The van der Waals surface area contributed by atoms with Crippen molar-refractivity contribution < 1.29 is 24.2 Å². The molecule has 0 aliphatic carbocycles. The van der Waals surface area contributed by atoms with Crippen molar-refractivity contribution >= 4 is 55.5 Å². The molecule has 0 aliphatic rings.